The summed E-state index contributed by atoms with van der Waals surface area (Å²) in [6.07, 6.45) is 13.2. The van der Waals surface area contributed by atoms with Gasteiger partial charge in [0, 0.05) is 48.0 Å². The zero-order valence-corrected chi connectivity index (χ0v) is 21.4. The van der Waals surface area contributed by atoms with Crippen molar-refractivity contribution < 1.29 is 4.79 Å². The smallest absolute Gasteiger partial charge is 0.257 e. The Labute approximate surface area is 204 Å². The van der Waals surface area contributed by atoms with Crippen molar-refractivity contribution in [3.05, 3.63) is 82.3 Å². The van der Waals surface area contributed by atoms with Crippen LogP contribution in [0.2, 0.25) is 0 Å². The fourth-order valence-electron chi connectivity index (χ4n) is 4.45. The molecule has 0 aliphatic heterocycles. The van der Waals surface area contributed by atoms with Gasteiger partial charge in [0.15, 0.2) is 0 Å². The normalized spacial score (nSPS) is 19.2. The van der Waals surface area contributed by atoms with Crippen LogP contribution in [0.4, 0.5) is 5.69 Å². The number of nitrogens with one attached hydrogen (secondary N) is 2. The van der Waals surface area contributed by atoms with Crippen molar-refractivity contribution in [2.75, 3.05) is 5.32 Å². The van der Waals surface area contributed by atoms with E-state index in [1.807, 2.05) is 37.4 Å². The summed E-state index contributed by atoms with van der Waals surface area (Å²) in [6.45, 7) is 12.7. The van der Waals surface area contributed by atoms with Gasteiger partial charge < -0.3 is 10.6 Å². The quantitative estimate of drug-likeness (QED) is 0.341. The highest BCUT2D eigenvalue weighted by molar-refractivity contribution is 6.04. The van der Waals surface area contributed by atoms with Gasteiger partial charge in [0.2, 0.25) is 0 Å². The lowest BCUT2D eigenvalue weighted by atomic mass is 9.89. The topological polar surface area (TPSA) is 66.4 Å². The summed E-state index contributed by atoms with van der Waals surface area (Å²) in [6, 6.07) is 8.10. The van der Waals surface area contributed by atoms with E-state index in [0.29, 0.717) is 11.5 Å². The van der Waals surface area contributed by atoms with Crippen molar-refractivity contribution in [3.63, 3.8) is 0 Å². The minimum Gasteiger partial charge on any atom is -0.322 e. The molecule has 0 saturated heterocycles. The Bertz CT molecular complexity index is 1100. The highest BCUT2D eigenvalue weighted by Crippen LogP contribution is 2.29. The first-order chi connectivity index (χ1) is 16.3. The molecule has 0 saturated carbocycles. The van der Waals surface area contributed by atoms with E-state index in [-0.39, 0.29) is 18.0 Å². The third-order valence-corrected chi connectivity index (χ3v) is 6.24. The number of amides is 1. The van der Waals surface area contributed by atoms with Gasteiger partial charge in [0.05, 0.1) is 5.56 Å². The number of rotatable bonds is 8. The highest BCUT2D eigenvalue weighted by atomic mass is 16.1. The molecule has 0 fully saturated rings. The fourth-order valence-corrected chi connectivity index (χ4v) is 4.45. The van der Waals surface area contributed by atoms with Gasteiger partial charge in [-0.05, 0) is 81.8 Å². The van der Waals surface area contributed by atoms with E-state index in [1.54, 1.807) is 12.4 Å². The molecule has 2 aromatic rings. The van der Waals surface area contributed by atoms with Gasteiger partial charge in [0.1, 0.15) is 0 Å². The molecule has 0 spiro atoms. The Kier molecular flexibility index (Phi) is 8.94. The molecule has 5 nitrogen and oxygen atoms in total. The number of hydrogen-bond acceptors (Lipinski definition) is 4. The number of aryl methyl sites for hydroxylation is 2. The van der Waals surface area contributed by atoms with E-state index in [2.05, 4.69) is 62.4 Å². The summed E-state index contributed by atoms with van der Waals surface area (Å²) in [7, 11) is 0. The average molecular weight is 459 g/mol. The van der Waals surface area contributed by atoms with E-state index in [9.17, 15) is 4.79 Å². The van der Waals surface area contributed by atoms with Crippen molar-refractivity contribution in [2.24, 2.45) is 10.9 Å². The predicted molar refractivity (Wildman–Crippen MR) is 142 cm³/mol. The Morgan fingerprint density at radius 3 is 2.74 bits per heavy atom. The zero-order valence-electron chi connectivity index (χ0n) is 21.4. The van der Waals surface area contributed by atoms with Crippen LogP contribution in [0.1, 0.15) is 80.0 Å². The fraction of sp³-hybridized carbons (Fsp3) is 0.414. The van der Waals surface area contributed by atoms with Gasteiger partial charge in [-0.15, -0.1) is 0 Å². The number of hydrogen-bond donors (Lipinski definition) is 2. The van der Waals surface area contributed by atoms with Crippen molar-refractivity contribution in [1.29, 1.82) is 0 Å². The molecule has 3 atom stereocenters. The molecule has 1 aromatic heterocycles. The first kappa shape index (κ1) is 25.6. The number of nitrogens with zero attached hydrogens (tertiary/aromatic N) is 2. The number of carbonyl (C=O) groups is 1. The third kappa shape index (κ3) is 6.97. The number of pyridine rings is 1. The summed E-state index contributed by atoms with van der Waals surface area (Å²) < 4.78 is 0. The second kappa shape index (κ2) is 11.9. The largest absolute Gasteiger partial charge is 0.322 e. The molecule has 1 heterocycles. The van der Waals surface area contributed by atoms with Gasteiger partial charge in [-0.3, -0.25) is 14.8 Å². The van der Waals surface area contributed by atoms with E-state index in [4.69, 9.17) is 4.99 Å². The molecule has 34 heavy (non-hydrogen) atoms. The van der Waals surface area contributed by atoms with Crippen LogP contribution in [0.3, 0.4) is 0 Å². The van der Waals surface area contributed by atoms with Crippen LogP contribution in [-0.4, -0.2) is 23.1 Å². The molecule has 2 unspecified atom stereocenters. The first-order valence-corrected chi connectivity index (χ1v) is 12.3. The van der Waals surface area contributed by atoms with Crippen molar-refractivity contribution in [2.45, 2.75) is 72.9 Å². The molecule has 2 N–H and O–H groups in total. The summed E-state index contributed by atoms with van der Waals surface area (Å²) in [5, 5.41) is 6.63. The van der Waals surface area contributed by atoms with Gasteiger partial charge in [-0.1, -0.05) is 37.6 Å². The van der Waals surface area contributed by atoms with Gasteiger partial charge in [-0.2, -0.15) is 0 Å². The third-order valence-electron chi connectivity index (χ3n) is 6.24. The Morgan fingerprint density at radius 1 is 1.24 bits per heavy atom. The molecule has 1 amide bonds. The molecule has 1 aromatic carbocycles. The maximum atomic E-state index is 12.6. The Hall–Kier alpha value is -3.05. The van der Waals surface area contributed by atoms with Crippen molar-refractivity contribution >= 4 is 17.8 Å². The molecule has 5 heteroatoms. The lowest BCUT2D eigenvalue weighted by molar-refractivity contribution is 0.102. The van der Waals surface area contributed by atoms with Gasteiger partial charge in [-0.25, -0.2) is 0 Å². The molecule has 0 radical (unpaired) electrons. The number of carbonyl (C=O) groups excluding carboxylic acids is 1. The summed E-state index contributed by atoms with van der Waals surface area (Å²) in [4.78, 5) is 21.6. The van der Waals surface area contributed by atoms with Crippen LogP contribution in [0.25, 0.3) is 0 Å². The van der Waals surface area contributed by atoms with Crippen LogP contribution in [0, 0.1) is 19.8 Å². The molecule has 180 valence electrons. The van der Waals surface area contributed by atoms with Crippen LogP contribution in [0.15, 0.2) is 65.1 Å². The summed E-state index contributed by atoms with van der Waals surface area (Å²) >= 11 is 0. The van der Waals surface area contributed by atoms with Crippen LogP contribution >= 0.6 is 0 Å². The molecule has 1 aliphatic rings. The maximum absolute atomic E-state index is 12.6. The Balaban J connectivity index is 1.64. The van der Waals surface area contributed by atoms with Crippen molar-refractivity contribution in [1.82, 2.24) is 10.3 Å². The number of aliphatic imine (C=N–C) groups is 1. The lowest BCUT2D eigenvalue weighted by Gasteiger charge is -2.22. The zero-order chi connectivity index (χ0) is 24.7. The van der Waals surface area contributed by atoms with E-state index >= 15 is 0 Å². The summed E-state index contributed by atoms with van der Waals surface area (Å²) in [5.74, 6) is 0.303. The van der Waals surface area contributed by atoms with E-state index in [1.165, 1.54) is 16.8 Å². The maximum Gasteiger partial charge on any atom is 0.257 e. The monoisotopic (exact) mass is 458 g/mol. The average Bonchev–Trinajstić information content (AvgIpc) is 2.80. The second-order valence-corrected chi connectivity index (χ2v) is 9.44. The number of aromatic nitrogens is 1. The Morgan fingerprint density at radius 2 is 2.03 bits per heavy atom. The van der Waals surface area contributed by atoms with Crippen LogP contribution < -0.4 is 10.6 Å². The lowest BCUT2D eigenvalue weighted by Crippen LogP contribution is -2.30. The van der Waals surface area contributed by atoms with Crippen LogP contribution in [0.5, 0.6) is 0 Å². The van der Waals surface area contributed by atoms with Crippen LogP contribution in [-0.2, 0) is 0 Å². The SMILES string of the molecule is CCC=C1CC=C(N=CC(C)N[C@@H](C)c2cc(NC(=O)c3cncc(C)c3)ccc2C)C(C)C1. The second-order valence-electron chi connectivity index (χ2n) is 9.44. The number of benzene rings is 1. The van der Waals surface area contributed by atoms with Gasteiger partial charge >= 0.3 is 0 Å². The summed E-state index contributed by atoms with van der Waals surface area (Å²) in [5.41, 5.74) is 7.33. The molecule has 1 aliphatic carbocycles. The first-order valence-electron chi connectivity index (χ1n) is 12.3. The van der Waals surface area contributed by atoms with Crippen molar-refractivity contribution in [3.8, 4) is 0 Å². The number of allylic oxidation sites excluding steroid dienone is 4. The van der Waals surface area contributed by atoms with Gasteiger partial charge in [0.25, 0.3) is 5.91 Å². The minimum absolute atomic E-state index is 0.107. The molecular weight excluding hydrogens is 420 g/mol. The minimum atomic E-state index is -0.154. The molecule has 3 rings (SSSR count). The highest BCUT2D eigenvalue weighted by Gasteiger charge is 2.16. The molecular formula is C29H38N4O. The van der Waals surface area contributed by atoms with E-state index in [0.717, 1.165) is 36.1 Å². The molecule has 0 bridgehead atoms. The standard InChI is InChI=1S/C29H38N4O/c1-7-8-24-10-12-28(21(4)14-24)31-17-22(5)32-23(6)27-15-26(11-9-20(27)3)33-29(34)25-13-19(2)16-30-18-25/h8-9,11-13,15-18,21-23,32H,7,10,14H2,1-6H3,(H,33,34)/t21?,22?,23-/m0/s1. The number of anilines is 1. The predicted octanol–water partition coefficient (Wildman–Crippen LogP) is 6.71. The van der Waals surface area contributed by atoms with E-state index < -0.39 is 0 Å².